The van der Waals surface area contributed by atoms with Gasteiger partial charge in [-0.25, -0.2) is 4.98 Å². The summed E-state index contributed by atoms with van der Waals surface area (Å²) in [6.45, 7) is 8.17. The van der Waals surface area contributed by atoms with E-state index < -0.39 is 0 Å². The molecule has 0 spiro atoms. The van der Waals surface area contributed by atoms with Crippen LogP contribution in [-0.2, 0) is 6.61 Å². The van der Waals surface area contributed by atoms with Crippen LogP contribution in [0.3, 0.4) is 0 Å². The van der Waals surface area contributed by atoms with Gasteiger partial charge in [-0.3, -0.25) is 10.1 Å². The Morgan fingerprint density at radius 3 is 2.72 bits per heavy atom. The summed E-state index contributed by atoms with van der Waals surface area (Å²) in [4.78, 5) is 17.6. The number of furan rings is 1. The quantitative estimate of drug-likeness (QED) is 0.713. The molecule has 0 aliphatic carbocycles. The number of benzene rings is 1. The van der Waals surface area contributed by atoms with E-state index in [1.807, 2.05) is 45.9 Å². The van der Waals surface area contributed by atoms with Crippen LogP contribution in [0, 0.1) is 27.7 Å². The first-order chi connectivity index (χ1) is 11.9. The number of anilines is 1. The molecule has 5 nitrogen and oxygen atoms in total. The van der Waals surface area contributed by atoms with Gasteiger partial charge < -0.3 is 9.15 Å². The molecule has 1 amide bonds. The second-order valence-electron chi connectivity index (χ2n) is 5.94. The number of thiazole rings is 1. The predicted molar refractivity (Wildman–Crippen MR) is 98.5 cm³/mol. The molecule has 6 heteroatoms. The average molecular weight is 356 g/mol. The number of hydrogen-bond donors (Lipinski definition) is 1. The Labute approximate surface area is 150 Å². The molecule has 1 N–H and O–H groups in total. The molecule has 0 bridgehead atoms. The highest BCUT2D eigenvalue weighted by Crippen LogP contribution is 2.23. The van der Waals surface area contributed by atoms with Gasteiger partial charge in [-0.15, -0.1) is 11.3 Å². The molecule has 3 rings (SSSR count). The zero-order chi connectivity index (χ0) is 18.0. The van der Waals surface area contributed by atoms with Gasteiger partial charge in [0.05, 0.1) is 5.69 Å². The number of aromatic nitrogens is 1. The molecule has 0 radical (unpaired) electrons. The molecular formula is C19H20N2O3S. The van der Waals surface area contributed by atoms with Crippen molar-refractivity contribution in [3.8, 4) is 5.75 Å². The zero-order valence-corrected chi connectivity index (χ0v) is 15.5. The Balaban J connectivity index is 1.63. The monoisotopic (exact) mass is 356 g/mol. The van der Waals surface area contributed by atoms with Crippen molar-refractivity contribution < 1.29 is 13.9 Å². The minimum absolute atomic E-state index is 0.241. The molecule has 130 valence electrons. The number of rotatable bonds is 5. The van der Waals surface area contributed by atoms with Gasteiger partial charge in [-0.1, -0.05) is 12.1 Å². The number of carbonyl (C=O) groups is 1. The van der Waals surface area contributed by atoms with E-state index in [9.17, 15) is 4.79 Å². The standard InChI is InChI=1S/C19H20N2O3S/c1-11-5-6-12(2)17(9-11)23-10-15-7-8-16(24-15)18(22)21-19-20-13(3)14(4)25-19/h5-9H,10H2,1-4H3,(H,20,21,22). The van der Waals surface area contributed by atoms with E-state index in [0.29, 0.717) is 10.9 Å². The molecule has 0 saturated heterocycles. The van der Waals surface area contributed by atoms with Gasteiger partial charge in [0.25, 0.3) is 5.91 Å². The summed E-state index contributed by atoms with van der Waals surface area (Å²) < 4.78 is 11.4. The van der Waals surface area contributed by atoms with Gasteiger partial charge in [-0.2, -0.15) is 0 Å². The number of nitrogens with one attached hydrogen (secondary N) is 1. The Morgan fingerprint density at radius 1 is 1.20 bits per heavy atom. The highest BCUT2D eigenvalue weighted by Gasteiger charge is 2.14. The van der Waals surface area contributed by atoms with Crippen molar-refractivity contribution in [1.29, 1.82) is 0 Å². The lowest BCUT2D eigenvalue weighted by Gasteiger charge is -2.08. The molecule has 0 aliphatic rings. The highest BCUT2D eigenvalue weighted by atomic mass is 32.1. The number of nitrogens with zero attached hydrogens (tertiary/aromatic N) is 1. The third-order valence-electron chi connectivity index (χ3n) is 3.85. The van der Waals surface area contributed by atoms with Crippen molar-refractivity contribution in [3.05, 3.63) is 63.6 Å². The maximum absolute atomic E-state index is 12.2. The fourth-order valence-electron chi connectivity index (χ4n) is 2.27. The maximum Gasteiger partial charge on any atom is 0.293 e. The normalized spacial score (nSPS) is 10.7. The van der Waals surface area contributed by atoms with Crippen LogP contribution in [0.5, 0.6) is 5.75 Å². The number of carbonyl (C=O) groups excluding carboxylic acids is 1. The van der Waals surface area contributed by atoms with E-state index in [1.165, 1.54) is 11.3 Å². The first-order valence-corrected chi connectivity index (χ1v) is 8.78. The highest BCUT2D eigenvalue weighted by molar-refractivity contribution is 7.15. The van der Waals surface area contributed by atoms with Gasteiger partial charge in [0.2, 0.25) is 0 Å². The largest absolute Gasteiger partial charge is 0.485 e. The van der Waals surface area contributed by atoms with Crippen molar-refractivity contribution in [2.24, 2.45) is 0 Å². The van der Waals surface area contributed by atoms with Crippen molar-refractivity contribution in [2.75, 3.05) is 5.32 Å². The van der Waals surface area contributed by atoms with E-state index in [-0.39, 0.29) is 18.3 Å². The number of hydrogen-bond acceptors (Lipinski definition) is 5. The molecule has 25 heavy (non-hydrogen) atoms. The Bertz CT molecular complexity index is 892. The summed E-state index contributed by atoms with van der Waals surface area (Å²) in [5.74, 6) is 1.34. The summed E-state index contributed by atoms with van der Waals surface area (Å²) in [5, 5.41) is 3.33. The zero-order valence-electron chi connectivity index (χ0n) is 14.7. The fourth-order valence-corrected chi connectivity index (χ4v) is 3.08. The summed E-state index contributed by atoms with van der Waals surface area (Å²) >= 11 is 1.45. The van der Waals surface area contributed by atoms with E-state index in [1.54, 1.807) is 12.1 Å². The van der Waals surface area contributed by atoms with Gasteiger partial charge in [-0.05, 0) is 57.0 Å². The van der Waals surface area contributed by atoms with Crippen molar-refractivity contribution >= 4 is 22.4 Å². The Hall–Kier alpha value is -2.60. The summed E-state index contributed by atoms with van der Waals surface area (Å²) in [5.41, 5.74) is 3.11. The van der Waals surface area contributed by atoms with Crippen LogP contribution < -0.4 is 10.1 Å². The van der Waals surface area contributed by atoms with Crippen LogP contribution in [-0.4, -0.2) is 10.9 Å². The van der Waals surface area contributed by atoms with Gasteiger partial charge in [0, 0.05) is 4.88 Å². The lowest BCUT2D eigenvalue weighted by atomic mass is 10.1. The maximum atomic E-state index is 12.2. The minimum atomic E-state index is -0.313. The molecule has 1 aromatic carbocycles. The first-order valence-electron chi connectivity index (χ1n) is 7.96. The Morgan fingerprint density at radius 2 is 2.00 bits per heavy atom. The first kappa shape index (κ1) is 17.2. The second-order valence-corrected chi connectivity index (χ2v) is 7.14. The lowest BCUT2D eigenvalue weighted by Crippen LogP contribution is -2.10. The van der Waals surface area contributed by atoms with Crippen molar-refractivity contribution in [1.82, 2.24) is 4.98 Å². The number of amides is 1. The predicted octanol–water partition coefficient (Wildman–Crippen LogP) is 4.80. The fraction of sp³-hybridized carbons (Fsp3) is 0.263. The molecule has 3 aromatic rings. The third kappa shape index (κ3) is 4.09. The van der Waals surface area contributed by atoms with Crippen LogP contribution in [0.25, 0.3) is 0 Å². The van der Waals surface area contributed by atoms with Crippen molar-refractivity contribution in [2.45, 2.75) is 34.3 Å². The van der Waals surface area contributed by atoms with E-state index in [2.05, 4.69) is 10.3 Å². The average Bonchev–Trinajstić information content (AvgIpc) is 3.15. The SMILES string of the molecule is Cc1ccc(C)c(OCc2ccc(C(=O)Nc3nc(C)c(C)s3)o2)c1. The van der Waals surface area contributed by atoms with Crippen molar-refractivity contribution in [3.63, 3.8) is 0 Å². The summed E-state index contributed by atoms with van der Waals surface area (Å²) in [7, 11) is 0. The second kappa shape index (κ2) is 7.11. The van der Waals surface area contributed by atoms with E-state index in [4.69, 9.17) is 9.15 Å². The molecule has 0 saturated carbocycles. The lowest BCUT2D eigenvalue weighted by molar-refractivity contribution is 0.0992. The van der Waals surface area contributed by atoms with Gasteiger partial charge >= 0.3 is 0 Å². The molecule has 2 aromatic heterocycles. The van der Waals surface area contributed by atoms with Crippen LogP contribution in [0.4, 0.5) is 5.13 Å². The van der Waals surface area contributed by atoms with E-state index >= 15 is 0 Å². The molecule has 2 heterocycles. The van der Waals surface area contributed by atoms with Crippen LogP contribution in [0.15, 0.2) is 34.7 Å². The Kier molecular flexibility index (Phi) is 4.90. The van der Waals surface area contributed by atoms with Gasteiger partial charge in [0.1, 0.15) is 18.1 Å². The van der Waals surface area contributed by atoms with Crippen LogP contribution >= 0.6 is 11.3 Å². The molecule has 0 aliphatic heterocycles. The third-order valence-corrected chi connectivity index (χ3v) is 4.84. The molecule has 0 atom stereocenters. The molecule has 0 fully saturated rings. The summed E-state index contributed by atoms with van der Waals surface area (Å²) in [6, 6.07) is 9.44. The molecular weight excluding hydrogens is 336 g/mol. The minimum Gasteiger partial charge on any atom is -0.485 e. The number of aryl methyl sites for hydroxylation is 4. The smallest absolute Gasteiger partial charge is 0.293 e. The van der Waals surface area contributed by atoms with Crippen LogP contribution in [0.1, 0.15) is 38.0 Å². The molecule has 0 unspecified atom stereocenters. The van der Waals surface area contributed by atoms with E-state index in [0.717, 1.165) is 27.4 Å². The van der Waals surface area contributed by atoms with Crippen LogP contribution in [0.2, 0.25) is 0 Å². The number of ether oxygens (including phenoxy) is 1. The topological polar surface area (TPSA) is 64.4 Å². The summed E-state index contributed by atoms with van der Waals surface area (Å²) in [6.07, 6.45) is 0. The van der Waals surface area contributed by atoms with Gasteiger partial charge in [0.15, 0.2) is 10.9 Å².